The van der Waals surface area contributed by atoms with Crippen LogP contribution < -0.4 is 5.32 Å². The molecule has 2 aromatic heterocycles. The molecule has 1 aromatic carbocycles. The van der Waals surface area contributed by atoms with Crippen molar-refractivity contribution < 1.29 is 9.53 Å². The van der Waals surface area contributed by atoms with Crippen LogP contribution in [0.3, 0.4) is 0 Å². The molecule has 1 aliphatic rings. The number of benzene rings is 1. The zero-order chi connectivity index (χ0) is 17.8. The summed E-state index contributed by atoms with van der Waals surface area (Å²) in [7, 11) is 0. The molecular formula is C20H20N4O2. The predicted molar refractivity (Wildman–Crippen MR) is 97.5 cm³/mol. The number of carbonyl (C=O) groups excluding carboxylic acids is 1. The molecule has 0 unspecified atom stereocenters. The van der Waals surface area contributed by atoms with Crippen molar-refractivity contribution in [1.29, 1.82) is 0 Å². The van der Waals surface area contributed by atoms with E-state index in [0.29, 0.717) is 12.1 Å². The Morgan fingerprint density at radius 3 is 2.77 bits per heavy atom. The minimum Gasteiger partial charge on any atom is -0.370 e. The zero-order valence-electron chi connectivity index (χ0n) is 14.4. The minimum absolute atomic E-state index is 0.00364. The van der Waals surface area contributed by atoms with Crippen LogP contribution in [-0.2, 0) is 11.3 Å². The van der Waals surface area contributed by atoms with Crippen molar-refractivity contribution in [2.24, 2.45) is 0 Å². The Balaban J connectivity index is 1.38. The molecule has 0 saturated carbocycles. The molecule has 0 radical (unpaired) electrons. The number of rotatable bonds is 4. The molecule has 0 bridgehead atoms. The molecule has 1 N–H and O–H groups in total. The fraction of sp³-hybridized carbons (Fsp3) is 0.300. The van der Waals surface area contributed by atoms with Crippen molar-refractivity contribution in [2.45, 2.75) is 31.9 Å². The molecule has 3 aromatic rings. The second-order valence-electron chi connectivity index (χ2n) is 6.40. The van der Waals surface area contributed by atoms with Gasteiger partial charge in [0.1, 0.15) is 6.10 Å². The van der Waals surface area contributed by atoms with E-state index in [2.05, 4.69) is 20.3 Å². The van der Waals surface area contributed by atoms with Crippen molar-refractivity contribution in [3.05, 3.63) is 65.9 Å². The van der Waals surface area contributed by atoms with E-state index in [4.69, 9.17) is 4.74 Å². The lowest BCUT2D eigenvalue weighted by Gasteiger charge is -2.21. The standard InChI is InChI=1S/C20H20N4O2/c25-20(16-9-15-5-1-2-6-17(15)21-13-16)24-12-14-10-22-19(23-11-14)18-7-3-4-8-26-18/h1-2,5-6,9-11,13,18H,3-4,7-8,12H2,(H,24,25)/t18-/m0/s1. The van der Waals surface area contributed by atoms with Gasteiger partial charge in [0.25, 0.3) is 5.91 Å². The van der Waals surface area contributed by atoms with Crippen molar-refractivity contribution >= 4 is 16.8 Å². The van der Waals surface area contributed by atoms with Crippen molar-refractivity contribution in [2.75, 3.05) is 6.61 Å². The summed E-state index contributed by atoms with van der Waals surface area (Å²) in [5.74, 6) is 0.557. The second-order valence-corrected chi connectivity index (χ2v) is 6.40. The van der Waals surface area contributed by atoms with Crippen molar-refractivity contribution in [3.63, 3.8) is 0 Å². The topological polar surface area (TPSA) is 77.0 Å². The Morgan fingerprint density at radius 1 is 1.12 bits per heavy atom. The summed E-state index contributed by atoms with van der Waals surface area (Å²) in [6.45, 7) is 1.14. The van der Waals surface area contributed by atoms with Gasteiger partial charge in [0.15, 0.2) is 5.82 Å². The van der Waals surface area contributed by atoms with Gasteiger partial charge in [-0.15, -0.1) is 0 Å². The van der Waals surface area contributed by atoms with Crippen LogP contribution in [0.2, 0.25) is 0 Å². The van der Waals surface area contributed by atoms with Gasteiger partial charge in [-0.05, 0) is 31.4 Å². The normalized spacial score (nSPS) is 17.2. The predicted octanol–water partition coefficient (Wildman–Crippen LogP) is 3.20. The molecule has 6 heteroatoms. The molecule has 1 amide bonds. The molecule has 4 rings (SSSR count). The number of hydrogen-bond donors (Lipinski definition) is 1. The maximum Gasteiger partial charge on any atom is 0.253 e. The molecule has 6 nitrogen and oxygen atoms in total. The highest BCUT2D eigenvalue weighted by atomic mass is 16.5. The van der Waals surface area contributed by atoms with E-state index in [9.17, 15) is 4.79 Å². The molecule has 26 heavy (non-hydrogen) atoms. The van der Waals surface area contributed by atoms with Crippen molar-refractivity contribution in [1.82, 2.24) is 20.3 Å². The Hall–Kier alpha value is -2.86. The lowest BCUT2D eigenvalue weighted by atomic mass is 10.1. The van der Waals surface area contributed by atoms with E-state index < -0.39 is 0 Å². The van der Waals surface area contributed by atoms with Gasteiger partial charge in [-0.2, -0.15) is 0 Å². The average molecular weight is 348 g/mol. The lowest BCUT2D eigenvalue weighted by Crippen LogP contribution is -2.23. The van der Waals surface area contributed by atoms with E-state index in [1.165, 1.54) is 0 Å². The summed E-state index contributed by atoms with van der Waals surface area (Å²) in [6.07, 6.45) is 8.30. The highest BCUT2D eigenvalue weighted by Gasteiger charge is 2.18. The number of para-hydroxylation sites is 1. The number of aromatic nitrogens is 3. The summed E-state index contributed by atoms with van der Waals surface area (Å²) >= 11 is 0. The minimum atomic E-state index is -0.164. The monoisotopic (exact) mass is 348 g/mol. The molecule has 1 fully saturated rings. The van der Waals surface area contributed by atoms with Gasteiger partial charge in [-0.3, -0.25) is 9.78 Å². The number of carbonyl (C=O) groups is 1. The average Bonchev–Trinajstić information content (AvgIpc) is 2.72. The lowest BCUT2D eigenvalue weighted by molar-refractivity contribution is 0.00940. The third-order valence-corrected chi connectivity index (χ3v) is 4.50. The summed E-state index contributed by atoms with van der Waals surface area (Å²) < 4.78 is 5.69. The first-order chi connectivity index (χ1) is 12.8. The summed E-state index contributed by atoms with van der Waals surface area (Å²) in [5, 5.41) is 3.83. The van der Waals surface area contributed by atoms with Gasteiger partial charge in [-0.1, -0.05) is 18.2 Å². The fourth-order valence-electron chi connectivity index (χ4n) is 3.05. The van der Waals surface area contributed by atoms with Crippen LogP contribution >= 0.6 is 0 Å². The third-order valence-electron chi connectivity index (χ3n) is 4.50. The number of hydrogen-bond acceptors (Lipinski definition) is 5. The van der Waals surface area contributed by atoms with E-state index in [0.717, 1.165) is 48.2 Å². The Bertz CT molecular complexity index is 905. The number of amides is 1. The van der Waals surface area contributed by atoms with E-state index >= 15 is 0 Å². The second kappa shape index (κ2) is 7.58. The highest BCUT2D eigenvalue weighted by Crippen LogP contribution is 2.24. The number of ether oxygens (including phenoxy) is 1. The van der Waals surface area contributed by atoms with Crippen LogP contribution in [0.1, 0.15) is 47.1 Å². The summed E-state index contributed by atoms with van der Waals surface area (Å²) in [4.78, 5) is 25.5. The smallest absolute Gasteiger partial charge is 0.253 e. The van der Waals surface area contributed by atoms with Crippen LogP contribution in [0.5, 0.6) is 0 Å². The first-order valence-electron chi connectivity index (χ1n) is 8.85. The number of pyridine rings is 1. The van der Waals surface area contributed by atoms with Crippen molar-refractivity contribution in [3.8, 4) is 0 Å². The molecule has 3 heterocycles. The van der Waals surface area contributed by atoms with Crippen LogP contribution in [0.25, 0.3) is 10.9 Å². The Morgan fingerprint density at radius 2 is 1.96 bits per heavy atom. The number of fused-ring (bicyclic) bond motifs is 1. The number of nitrogens with zero attached hydrogens (tertiary/aromatic N) is 3. The van der Waals surface area contributed by atoms with Crippen LogP contribution in [0.15, 0.2) is 48.9 Å². The number of nitrogens with one attached hydrogen (secondary N) is 1. The molecule has 1 atom stereocenters. The SMILES string of the molecule is O=C(NCc1cnc([C@@H]2CCCCO2)nc1)c1cnc2ccccc2c1. The molecule has 0 aliphatic carbocycles. The van der Waals surface area contributed by atoms with Gasteiger partial charge < -0.3 is 10.1 Å². The van der Waals surface area contributed by atoms with E-state index in [1.54, 1.807) is 18.6 Å². The third kappa shape index (κ3) is 3.70. The Labute approximate surface area is 151 Å². The Kier molecular flexibility index (Phi) is 4.84. The largest absolute Gasteiger partial charge is 0.370 e. The van der Waals surface area contributed by atoms with E-state index in [1.807, 2.05) is 30.3 Å². The van der Waals surface area contributed by atoms with Gasteiger partial charge in [0.2, 0.25) is 0 Å². The quantitative estimate of drug-likeness (QED) is 0.783. The molecule has 1 saturated heterocycles. The van der Waals surface area contributed by atoms with E-state index in [-0.39, 0.29) is 12.0 Å². The van der Waals surface area contributed by atoms with Gasteiger partial charge in [-0.25, -0.2) is 9.97 Å². The van der Waals surface area contributed by atoms with Crippen LogP contribution in [0, 0.1) is 0 Å². The maximum absolute atomic E-state index is 12.4. The van der Waals surface area contributed by atoms with Crippen LogP contribution in [0.4, 0.5) is 0 Å². The summed E-state index contributed by atoms with van der Waals surface area (Å²) in [6, 6.07) is 9.57. The molecular weight excluding hydrogens is 328 g/mol. The molecule has 1 aliphatic heterocycles. The summed E-state index contributed by atoms with van der Waals surface area (Å²) in [5.41, 5.74) is 2.27. The van der Waals surface area contributed by atoms with Gasteiger partial charge in [0.05, 0.1) is 11.1 Å². The molecule has 132 valence electrons. The zero-order valence-corrected chi connectivity index (χ0v) is 14.4. The first-order valence-corrected chi connectivity index (χ1v) is 8.85. The fourth-order valence-corrected chi connectivity index (χ4v) is 3.05. The molecule has 0 spiro atoms. The van der Waals surface area contributed by atoms with Crippen LogP contribution in [-0.4, -0.2) is 27.5 Å². The first kappa shape index (κ1) is 16.6. The van der Waals surface area contributed by atoms with Gasteiger partial charge >= 0.3 is 0 Å². The van der Waals surface area contributed by atoms with Gasteiger partial charge in [0, 0.05) is 42.7 Å². The maximum atomic E-state index is 12.4. The highest BCUT2D eigenvalue weighted by molar-refractivity contribution is 5.97.